The smallest absolute Gasteiger partial charge is 0.272 e. The van der Waals surface area contributed by atoms with E-state index in [2.05, 4.69) is 5.32 Å². The molecule has 0 aliphatic rings. The summed E-state index contributed by atoms with van der Waals surface area (Å²) in [4.78, 5) is 22.3. The number of rotatable bonds is 5. The standard InChI is InChI=1S/C14H17N3O3/c1-4-5-11(8-15)14(18)16-12-6-10(3)13(17(19)20)7-9(12)2/h6-7,11H,4-5H2,1-3H3,(H,16,18). The van der Waals surface area contributed by atoms with Gasteiger partial charge in [0, 0.05) is 17.3 Å². The topological polar surface area (TPSA) is 96.0 Å². The van der Waals surface area contributed by atoms with Gasteiger partial charge in [-0.25, -0.2) is 0 Å². The van der Waals surface area contributed by atoms with Crippen LogP contribution in [0.2, 0.25) is 0 Å². The predicted octanol–water partition coefficient (Wildman–Crippen LogP) is 3.09. The Morgan fingerprint density at radius 1 is 1.45 bits per heavy atom. The van der Waals surface area contributed by atoms with E-state index in [1.54, 1.807) is 19.9 Å². The predicted molar refractivity (Wildman–Crippen MR) is 75.2 cm³/mol. The number of anilines is 1. The largest absolute Gasteiger partial charge is 0.325 e. The normalized spacial score (nSPS) is 11.5. The quantitative estimate of drug-likeness (QED) is 0.659. The highest BCUT2D eigenvalue weighted by Crippen LogP contribution is 2.26. The number of nitro groups is 1. The molecule has 1 N–H and O–H groups in total. The number of carbonyl (C=O) groups excluding carboxylic acids is 1. The molecule has 1 amide bonds. The Bertz CT molecular complexity index is 576. The maximum atomic E-state index is 11.9. The molecule has 1 aromatic rings. The lowest BCUT2D eigenvalue weighted by molar-refractivity contribution is -0.385. The van der Waals surface area contributed by atoms with Crippen molar-refractivity contribution in [1.82, 2.24) is 0 Å². The van der Waals surface area contributed by atoms with Gasteiger partial charge in [-0.05, 0) is 31.9 Å². The molecule has 1 rings (SSSR count). The Labute approximate surface area is 117 Å². The van der Waals surface area contributed by atoms with Gasteiger partial charge < -0.3 is 5.32 Å². The molecule has 1 unspecified atom stereocenters. The molecule has 106 valence electrons. The summed E-state index contributed by atoms with van der Waals surface area (Å²) >= 11 is 0. The zero-order valence-corrected chi connectivity index (χ0v) is 11.8. The van der Waals surface area contributed by atoms with Gasteiger partial charge in [-0.3, -0.25) is 14.9 Å². The lowest BCUT2D eigenvalue weighted by atomic mass is 10.0. The fraction of sp³-hybridized carbons (Fsp3) is 0.429. The number of hydrogen-bond acceptors (Lipinski definition) is 4. The highest BCUT2D eigenvalue weighted by molar-refractivity contribution is 5.95. The molecule has 0 saturated heterocycles. The van der Waals surface area contributed by atoms with E-state index >= 15 is 0 Å². The van der Waals surface area contributed by atoms with Gasteiger partial charge in [-0.1, -0.05) is 13.3 Å². The molecule has 0 heterocycles. The van der Waals surface area contributed by atoms with Crippen molar-refractivity contribution >= 4 is 17.3 Å². The number of hydrogen-bond donors (Lipinski definition) is 1. The molecule has 0 spiro atoms. The Morgan fingerprint density at radius 3 is 2.60 bits per heavy atom. The number of amides is 1. The van der Waals surface area contributed by atoms with Gasteiger partial charge in [0.2, 0.25) is 5.91 Å². The van der Waals surface area contributed by atoms with Crippen molar-refractivity contribution in [3.8, 4) is 6.07 Å². The second-order valence-corrected chi connectivity index (χ2v) is 4.67. The van der Waals surface area contributed by atoms with Gasteiger partial charge in [0.1, 0.15) is 5.92 Å². The van der Waals surface area contributed by atoms with Crippen molar-refractivity contribution < 1.29 is 9.72 Å². The Balaban J connectivity index is 2.99. The van der Waals surface area contributed by atoms with Crippen LogP contribution in [-0.2, 0) is 4.79 Å². The summed E-state index contributed by atoms with van der Waals surface area (Å²) in [7, 11) is 0. The summed E-state index contributed by atoms with van der Waals surface area (Å²) in [5.74, 6) is -1.07. The molecule has 1 aromatic carbocycles. The lowest BCUT2D eigenvalue weighted by Gasteiger charge is -2.12. The maximum Gasteiger partial charge on any atom is 0.272 e. The maximum absolute atomic E-state index is 11.9. The van der Waals surface area contributed by atoms with Crippen molar-refractivity contribution in [2.45, 2.75) is 33.6 Å². The zero-order valence-electron chi connectivity index (χ0n) is 11.8. The molecule has 0 aromatic heterocycles. The third-order valence-electron chi connectivity index (χ3n) is 3.05. The number of aryl methyl sites for hydroxylation is 2. The van der Waals surface area contributed by atoms with Crippen LogP contribution in [0.15, 0.2) is 12.1 Å². The summed E-state index contributed by atoms with van der Waals surface area (Å²) in [6, 6.07) is 4.95. The molecule has 0 saturated carbocycles. The molecule has 20 heavy (non-hydrogen) atoms. The van der Waals surface area contributed by atoms with E-state index in [1.165, 1.54) is 6.07 Å². The molecule has 6 heteroatoms. The summed E-state index contributed by atoms with van der Waals surface area (Å²) in [6.07, 6.45) is 1.23. The van der Waals surface area contributed by atoms with Gasteiger partial charge in [0.05, 0.1) is 11.0 Å². The van der Waals surface area contributed by atoms with Crippen LogP contribution in [-0.4, -0.2) is 10.8 Å². The summed E-state index contributed by atoms with van der Waals surface area (Å²) in [6.45, 7) is 5.20. The van der Waals surface area contributed by atoms with E-state index in [9.17, 15) is 14.9 Å². The van der Waals surface area contributed by atoms with Gasteiger partial charge in [-0.2, -0.15) is 5.26 Å². The Kier molecular flexibility index (Phi) is 5.21. The molecular weight excluding hydrogens is 258 g/mol. The number of benzene rings is 1. The average molecular weight is 275 g/mol. The highest BCUT2D eigenvalue weighted by atomic mass is 16.6. The molecular formula is C14H17N3O3. The number of nitriles is 1. The van der Waals surface area contributed by atoms with Gasteiger partial charge in [0.15, 0.2) is 0 Å². The molecule has 0 aliphatic carbocycles. The molecule has 0 bridgehead atoms. The number of nitro benzene ring substituents is 1. The van der Waals surface area contributed by atoms with Crippen LogP contribution >= 0.6 is 0 Å². The average Bonchev–Trinajstić information content (AvgIpc) is 2.39. The summed E-state index contributed by atoms with van der Waals surface area (Å²) in [5.41, 5.74) is 1.60. The van der Waals surface area contributed by atoms with Crippen LogP contribution in [0, 0.1) is 41.2 Å². The van der Waals surface area contributed by atoms with Gasteiger partial charge >= 0.3 is 0 Å². The van der Waals surface area contributed by atoms with E-state index in [4.69, 9.17) is 5.26 Å². The fourth-order valence-electron chi connectivity index (χ4n) is 1.90. The minimum atomic E-state index is -0.699. The third-order valence-corrected chi connectivity index (χ3v) is 3.05. The molecule has 0 aliphatic heterocycles. The Morgan fingerprint density at radius 2 is 2.10 bits per heavy atom. The minimum Gasteiger partial charge on any atom is -0.325 e. The van der Waals surface area contributed by atoms with E-state index in [0.29, 0.717) is 23.2 Å². The van der Waals surface area contributed by atoms with E-state index < -0.39 is 10.8 Å². The second-order valence-electron chi connectivity index (χ2n) is 4.67. The molecule has 0 fully saturated rings. The molecule has 0 radical (unpaired) electrons. The SMILES string of the molecule is CCCC(C#N)C(=O)Nc1cc(C)c([N+](=O)[O-])cc1C. The lowest BCUT2D eigenvalue weighted by Crippen LogP contribution is -2.22. The minimum absolute atomic E-state index is 0.0193. The van der Waals surface area contributed by atoms with Crippen LogP contribution in [0.5, 0.6) is 0 Å². The molecule has 6 nitrogen and oxygen atoms in total. The van der Waals surface area contributed by atoms with E-state index in [1.807, 2.05) is 13.0 Å². The Hall–Kier alpha value is -2.42. The van der Waals surface area contributed by atoms with E-state index in [-0.39, 0.29) is 11.6 Å². The first-order valence-electron chi connectivity index (χ1n) is 6.36. The fourth-order valence-corrected chi connectivity index (χ4v) is 1.90. The first kappa shape index (κ1) is 15.6. The monoisotopic (exact) mass is 275 g/mol. The summed E-state index contributed by atoms with van der Waals surface area (Å²) < 4.78 is 0. The van der Waals surface area contributed by atoms with Crippen molar-refractivity contribution in [2.24, 2.45) is 5.92 Å². The molecule has 1 atom stereocenters. The van der Waals surface area contributed by atoms with Crippen molar-refractivity contribution in [3.63, 3.8) is 0 Å². The number of nitrogens with one attached hydrogen (secondary N) is 1. The van der Waals surface area contributed by atoms with Crippen molar-refractivity contribution in [2.75, 3.05) is 5.32 Å². The van der Waals surface area contributed by atoms with E-state index in [0.717, 1.165) is 6.42 Å². The van der Waals surface area contributed by atoms with Crippen LogP contribution in [0.4, 0.5) is 11.4 Å². The van der Waals surface area contributed by atoms with Crippen LogP contribution in [0.1, 0.15) is 30.9 Å². The first-order chi connectivity index (χ1) is 9.40. The highest BCUT2D eigenvalue weighted by Gasteiger charge is 2.19. The third kappa shape index (κ3) is 3.54. The van der Waals surface area contributed by atoms with Crippen LogP contribution < -0.4 is 5.32 Å². The van der Waals surface area contributed by atoms with Crippen LogP contribution in [0.3, 0.4) is 0 Å². The zero-order chi connectivity index (χ0) is 15.3. The number of nitrogens with zero attached hydrogens (tertiary/aromatic N) is 2. The second kappa shape index (κ2) is 6.66. The first-order valence-corrected chi connectivity index (χ1v) is 6.36. The van der Waals surface area contributed by atoms with Crippen molar-refractivity contribution in [3.05, 3.63) is 33.4 Å². The number of carbonyl (C=O) groups is 1. The van der Waals surface area contributed by atoms with Crippen molar-refractivity contribution in [1.29, 1.82) is 5.26 Å². The van der Waals surface area contributed by atoms with Gasteiger partial charge in [0.25, 0.3) is 5.69 Å². The van der Waals surface area contributed by atoms with Crippen LogP contribution in [0.25, 0.3) is 0 Å². The summed E-state index contributed by atoms with van der Waals surface area (Å²) in [5, 5.41) is 22.4. The van der Waals surface area contributed by atoms with Gasteiger partial charge in [-0.15, -0.1) is 0 Å².